The highest BCUT2D eigenvalue weighted by Gasteiger charge is 2.53. The normalized spacial score (nSPS) is 47.3. The molecule has 0 aromatic carbocycles. The lowest BCUT2D eigenvalue weighted by molar-refractivity contribution is 0.153. The van der Waals surface area contributed by atoms with Crippen LogP contribution in [-0.2, 0) is 0 Å². The molecule has 2 saturated carbocycles. The molecule has 2 N–H and O–H groups in total. The van der Waals surface area contributed by atoms with Crippen molar-refractivity contribution in [3.63, 3.8) is 0 Å². The van der Waals surface area contributed by atoms with Crippen LogP contribution in [0.5, 0.6) is 0 Å². The maximum absolute atomic E-state index is 10.2. The average molecular weight is 298 g/mol. The molecule has 118 valence electrons. The monoisotopic (exact) mass is 298 g/mol. The van der Waals surface area contributed by atoms with Gasteiger partial charge in [0.05, 0.1) is 6.10 Å². The van der Waals surface area contributed by atoms with Crippen LogP contribution in [0.3, 0.4) is 0 Å². The van der Waals surface area contributed by atoms with E-state index in [-0.39, 0.29) is 16.8 Å². The van der Waals surface area contributed by atoms with E-state index in [9.17, 15) is 10.2 Å². The molecule has 4 rings (SSSR count). The first-order valence-electron chi connectivity index (χ1n) is 8.84. The fourth-order valence-corrected chi connectivity index (χ4v) is 6.05. The minimum atomic E-state index is -0.139. The molecule has 2 unspecified atom stereocenters. The van der Waals surface area contributed by atoms with Gasteiger partial charge >= 0.3 is 0 Å². The molecule has 3 heteroatoms. The summed E-state index contributed by atoms with van der Waals surface area (Å²) in [5.41, 5.74) is 4.65. The molecule has 4 aliphatic rings. The minimum absolute atomic E-state index is 0.139. The summed E-state index contributed by atoms with van der Waals surface area (Å²) in [4.78, 5) is 0. The summed E-state index contributed by atoms with van der Waals surface area (Å²) in [5.74, 6) is 1.50. The third-order valence-corrected chi connectivity index (χ3v) is 7.40. The Kier molecular flexibility index (Phi) is 3.01. The first kappa shape index (κ1) is 14.6. The van der Waals surface area contributed by atoms with Gasteiger partial charge in [-0.25, -0.2) is 0 Å². The predicted molar refractivity (Wildman–Crippen MR) is 91.5 cm³/mol. The summed E-state index contributed by atoms with van der Waals surface area (Å²) < 4.78 is 0. The first-order valence-corrected chi connectivity index (χ1v) is 8.84. The van der Waals surface area contributed by atoms with E-state index in [0.29, 0.717) is 17.6 Å². The van der Waals surface area contributed by atoms with Crippen LogP contribution in [0.15, 0.2) is 34.6 Å². The number of aliphatic hydroxyl groups is 2. The van der Waals surface area contributed by atoms with E-state index in [0.717, 1.165) is 25.7 Å². The van der Waals surface area contributed by atoms with Crippen molar-refractivity contribution in [1.29, 1.82) is 0 Å². The highest BCUT2D eigenvalue weighted by atomic mass is 16.3. The second-order valence-electron chi connectivity index (χ2n) is 8.60. The number of fused-ring (bicyclic) bond motifs is 4. The molecule has 0 radical (unpaired) electrons. The molecular weight excluding hydrogens is 271 g/mol. The van der Waals surface area contributed by atoms with E-state index in [1.54, 1.807) is 11.1 Å². The molecule has 0 saturated heterocycles. The molecule has 0 heterocycles. The summed E-state index contributed by atoms with van der Waals surface area (Å²) in [6.07, 6.45) is 10.6. The Bertz CT molecular complexity index is 617. The number of hydrogen-bond acceptors (Lipinski definition) is 2. The van der Waals surface area contributed by atoms with Gasteiger partial charge in [-0.1, -0.05) is 24.1 Å². The standard InChI is InChI=1S/C19H27BO2/c1-11-13-3-4-15-16-9-12(21)10-18(16,2)7-8-19(15,20)14(13)5-6-17(11)22/h5-6,12-14,21-22H,3-4,7-10,20H2,1-2H3/t12-,13?,14?,18-,19+/m1/s1. The fraction of sp³-hybridized carbons (Fsp3) is 0.684. The highest BCUT2D eigenvalue weighted by molar-refractivity contribution is 6.18. The van der Waals surface area contributed by atoms with Gasteiger partial charge in [0.15, 0.2) is 0 Å². The van der Waals surface area contributed by atoms with Crippen molar-refractivity contribution in [3.05, 3.63) is 34.6 Å². The minimum Gasteiger partial charge on any atom is -0.508 e. The zero-order valence-corrected chi connectivity index (χ0v) is 14.0. The summed E-state index contributed by atoms with van der Waals surface area (Å²) >= 11 is 0. The summed E-state index contributed by atoms with van der Waals surface area (Å²) in [6.45, 7) is 4.47. The van der Waals surface area contributed by atoms with E-state index in [4.69, 9.17) is 0 Å². The van der Waals surface area contributed by atoms with Crippen LogP contribution in [0.25, 0.3) is 0 Å². The van der Waals surface area contributed by atoms with E-state index in [2.05, 4.69) is 27.8 Å². The molecule has 2 nitrogen and oxygen atoms in total. The van der Waals surface area contributed by atoms with Gasteiger partial charge in [0.25, 0.3) is 0 Å². The molecule has 0 aromatic rings. The Hall–Kier alpha value is -0.955. The van der Waals surface area contributed by atoms with E-state index < -0.39 is 0 Å². The fourth-order valence-electron chi connectivity index (χ4n) is 6.05. The topological polar surface area (TPSA) is 40.5 Å². The van der Waals surface area contributed by atoms with Crippen LogP contribution in [0.2, 0.25) is 5.31 Å². The summed E-state index contributed by atoms with van der Waals surface area (Å²) in [5, 5.41) is 20.5. The maximum atomic E-state index is 10.2. The third kappa shape index (κ3) is 1.78. The molecule has 5 atom stereocenters. The van der Waals surface area contributed by atoms with Gasteiger partial charge in [0, 0.05) is 0 Å². The second-order valence-corrected chi connectivity index (χ2v) is 8.60. The van der Waals surface area contributed by atoms with Crippen LogP contribution in [0, 0.1) is 17.3 Å². The molecule has 4 aliphatic carbocycles. The van der Waals surface area contributed by atoms with Crippen molar-refractivity contribution >= 4 is 7.85 Å². The second kappa shape index (κ2) is 4.53. The molecule has 0 aromatic heterocycles. The molecule has 22 heavy (non-hydrogen) atoms. The average Bonchev–Trinajstić information content (AvgIpc) is 2.77. The molecular formula is C19H27BO2. The van der Waals surface area contributed by atoms with E-state index in [1.165, 1.54) is 18.4 Å². The summed E-state index contributed by atoms with van der Waals surface area (Å²) in [6, 6.07) is 0. The first-order chi connectivity index (χ1) is 10.3. The molecule has 0 spiro atoms. The molecule has 0 amide bonds. The summed E-state index contributed by atoms with van der Waals surface area (Å²) in [7, 11) is 2.44. The molecule has 0 bridgehead atoms. The zero-order chi connectivity index (χ0) is 15.7. The van der Waals surface area contributed by atoms with Crippen molar-refractivity contribution in [2.24, 2.45) is 17.3 Å². The SMILES string of the molecule is B[C@]12CC[C@]3(C)C[C@H](O)CC3=C1CCC1C(C)=C(O)C=CC12. The van der Waals surface area contributed by atoms with Gasteiger partial charge in [0.2, 0.25) is 0 Å². The van der Waals surface area contributed by atoms with Gasteiger partial charge in [-0.3, -0.25) is 0 Å². The number of rotatable bonds is 0. The smallest absolute Gasteiger partial charge is 0.115 e. The van der Waals surface area contributed by atoms with Gasteiger partial charge in [0.1, 0.15) is 13.6 Å². The number of hydrogen-bond donors (Lipinski definition) is 2. The highest BCUT2D eigenvalue weighted by Crippen LogP contribution is 2.66. The van der Waals surface area contributed by atoms with E-state index >= 15 is 0 Å². The van der Waals surface area contributed by atoms with Crippen molar-refractivity contribution in [2.45, 2.75) is 63.8 Å². The zero-order valence-electron chi connectivity index (χ0n) is 14.0. The Morgan fingerprint density at radius 1 is 1.27 bits per heavy atom. The number of allylic oxidation sites excluding steroid dienone is 4. The quantitative estimate of drug-likeness (QED) is 0.531. The van der Waals surface area contributed by atoms with Crippen molar-refractivity contribution in [3.8, 4) is 0 Å². The van der Waals surface area contributed by atoms with Crippen LogP contribution in [-0.4, -0.2) is 24.2 Å². The Labute approximate surface area is 134 Å². The van der Waals surface area contributed by atoms with Crippen LogP contribution in [0.1, 0.15) is 52.4 Å². The lowest BCUT2D eigenvalue weighted by Crippen LogP contribution is -2.41. The van der Waals surface area contributed by atoms with Crippen molar-refractivity contribution < 1.29 is 10.2 Å². The van der Waals surface area contributed by atoms with Gasteiger partial charge in [-0.05, 0) is 79.7 Å². The lowest BCUT2D eigenvalue weighted by Gasteiger charge is -2.54. The Morgan fingerprint density at radius 3 is 2.82 bits per heavy atom. The van der Waals surface area contributed by atoms with Crippen LogP contribution in [0.4, 0.5) is 0 Å². The van der Waals surface area contributed by atoms with E-state index in [1.807, 2.05) is 6.08 Å². The maximum Gasteiger partial charge on any atom is 0.115 e. The van der Waals surface area contributed by atoms with Gasteiger partial charge in [-0.15, -0.1) is 0 Å². The van der Waals surface area contributed by atoms with Gasteiger partial charge in [-0.2, -0.15) is 0 Å². The third-order valence-electron chi connectivity index (χ3n) is 7.40. The lowest BCUT2D eigenvalue weighted by atomic mass is 9.42. The molecule has 0 aliphatic heterocycles. The van der Waals surface area contributed by atoms with Crippen LogP contribution < -0.4 is 0 Å². The van der Waals surface area contributed by atoms with Crippen LogP contribution >= 0.6 is 0 Å². The Morgan fingerprint density at radius 2 is 2.05 bits per heavy atom. The number of aliphatic hydroxyl groups excluding tert-OH is 2. The van der Waals surface area contributed by atoms with Crippen molar-refractivity contribution in [2.75, 3.05) is 0 Å². The van der Waals surface area contributed by atoms with Crippen molar-refractivity contribution in [1.82, 2.24) is 0 Å². The Balaban J connectivity index is 1.80. The largest absolute Gasteiger partial charge is 0.508 e. The predicted octanol–water partition coefficient (Wildman–Crippen LogP) is 3.46. The van der Waals surface area contributed by atoms with Gasteiger partial charge < -0.3 is 10.2 Å². The molecule has 2 fully saturated rings.